The second kappa shape index (κ2) is 8.68. The molecule has 7 nitrogen and oxygen atoms in total. The molecule has 3 aromatic rings. The van der Waals surface area contributed by atoms with Gasteiger partial charge >= 0.3 is 12.2 Å². The fraction of sp³-hybridized carbons (Fsp3) is 0.231. The predicted molar refractivity (Wildman–Crippen MR) is 123 cm³/mol. The van der Waals surface area contributed by atoms with Gasteiger partial charge in [0.1, 0.15) is 5.54 Å². The molecule has 184 valence electrons. The van der Waals surface area contributed by atoms with Crippen molar-refractivity contribution in [3.8, 4) is 11.8 Å². The Bertz CT molecular complexity index is 1430. The van der Waals surface area contributed by atoms with E-state index >= 15 is 0 Å². The lowest BCUT2D eigenvalue weighted by Crippen LogP contribution is -2.41. The van der Waals surface area contributed by atoms with Gasteiger partial charge in [-0.05, 0) is 62.7 Å². The monoisotopic (exact) mass is 494 g/mol. The number of urea groups is 1. The quantitative estimate of drug-likeness (QED) is 0.413. The van der Waals surface area contributed by atoms with E-state index in [4.69, 9.17) is 5.26 Å². The molecule has 0 spiro atoms. The highest BCUT2D eigenvalue weighted by Gasteiger charge is 2.49. The standard InChI is InChI=1S/C26H21F3N4O3/c1-15-11-21(16(2)33(15)20-6-4-5-19(12-20)26(27,28)29)22(34)14-32-23(35)25(3,31-24(32)36)18-9-7-17(13-30)8-10-18/h4-12H,14H2,1-3H3,(H,31,36). The maximum atomic E-state index is 13.2. The minimum Gasteiger partial charge on any atom is -0.319 e. The summed E-state index contributed by atoms with van der Waals surface area (Å²) in [6, 6.07) is 13.7. The number of hydrogen-bond acceptors (Lipinski definition) is 4. The minimum absolute atomic E-state index is 0.192. The van der Waals surface area contributed by atoms with Crippen molar-refractivity contribution in [3.63, 3.8) is 0 Å². The van der Waals surface area contributed by atoms with Crippen LogP contribution in [0.4, 0.5) is 18.0 Å². The predicted octanol–water partition coefficient (Wildman–Crippen LogP) is 4.63. The van der Waals surface area contributed by atoms with E-state index in [0.717, 1.165) is 17.0 Å². The summed E-state index contributed by atoms with van der Waals surface area (Å²) in [4.78, 5) is 39.8. The van der Waals surface area contributed by atoms with Crippen molar-refractivity contribution in [2.75, 3.05) is 6.54 Å². The molecular formula is C26H21F3N4O3. The number of nitriles is 1. The number of rotatable bonds is 5. The Balaban J connectivity index is 1.61. The number of aromatic nitrogens is 1. The summed E-state index contributed by atoms with van der Waals surface area (Å²) in [7, 11) is 0. The van der Waals surface area contributed by atoms with E-state index in [0.29, 0.717) is 22.5 Å². The number of halogens is 3. The third-order valence-electron chi connectivity index (χ3n) is 6.33. The van der Waals surface area contributed by atoms with Gasteiger partial charge in [-0.15, -0.1) is 0 Å². The molecule has 2 aromatic carbocycles. The number of carbonyl (C=O) groups is 3. The first-order valence-corrected chi connectivity index (χ1v) is 10.9. The van der Waals surface area contributed by atoms with E-state index in [9.17, 15) is 27.6 Å². The van der Waals surface area contributed by atoms with Crippen LogP contribution >= 0.6 is 0 Å². The highest BCUT2D eigenvalue weighted by molar-refractivity contribution is 6.11. The largest absolute Gasteiger partial charge is 0.416 e. The summed E-state index contributed by atoms with van der Waals surface area (Å²) in [5.74, 6) is -1.16. The number of Topliss-reactive ketones (excluding diaryl/α,β-unsaturated/α-hetero) is 1. The molecule has 1 aliphatic heterocycles. The molecule has 2 heterocycles. The Labute approximate surface area is 204 Å². The minimum atomic E-state index is -4.52. The summed E-state index contributed by atoms with van der Waals surface area (Å²) >= 11 is 0. The van der Waals surface area contributed by atoms with Crippen LogP contribution in [-0.2, 0) is 16.5 Å². The number of nitrogens with zero attached hydrogens (tertiary/aromatic N) is 3. The first-order valence-electron chi connectivity index (χ1n) is 10.9. The molecule has 1 N–H and O–H groups in total. The molecule has 1 aliphatic rings. The fourth-order valence-electron chi connectivity index (χ4n) is 4.41. The van der Waals surface area contributed by atoms with Crippen LogP contribution in [0.5, 0.6) is 0 Å². The highest BCUT2D eigenvalue weighted by Crippen LogP contribution is 2.32. The van der Waals surface area contributed by atoms with Gasteiger partial charge in [0.05, 0.1) is 23.7 Å². The first-order chi connectivity index (χ1) is 16.9. The molecule has 1 unspecified atom stereocenters. The molecule has 1 fully saturated rings. The fourth-order valence-corrected chi connectivity index (χ4v) is 4.41. The maximum absolute atomic E-state index is 13.2. The van der Waals surface area contributed by atoms with Gasteiger partial charge in [-0.2, -0.15) is 18.4 Å². The second-order valence-corrected chi connectivity index (χ2v) is 8.73. The van der Waals surface area contributed by atoms with Gasteiger partial charge < -0.3 is 9.88 Å². The molecule has 36 heavy (non-hydrogen) atoms. The van der Waals surface area contributed by atoms with Crippen LogP contribution in [0.15, 0.2) is 54.6 Å². The van der Waals surface area contributed by atoms with Gasteiger partial charge in [0.2, 0.25) is 0 Å². The highest BCUT2D eigenvalue weighted by atomic mass is 19.4. The number of carbonyl (C=O) groups excluding carboxylic acids is 3. The molecule has 3 amide bonds. The summed E-state index contributed by atoms with van der Waals surface area (Å²) in [5, 5.41) is 11.6. The van der Waals surface area contributed by atoms with Gasteiger partial charge in [-0.25, -0.2) is 4.79 Å². The molecule has 0 saturated carbocycles. The average Bonchev–Trinajstić information content (AvgIpc) is 3.25. The zero-order valence-electron chi connectivity index (χ0n) is 19.6. The average molecular weight is 494 g/mol. The van der Waals surface area contributed by atoms with Crippen molar-refractivity contribution in [1.29, 1.82) is 5.26 Å². The number of nitrogens with one attached hydrogen (secondary N) is 1. The molecule has 0 bridgehead atoms. The smallest absolute Gasteiger partial charge is 0.319 e. The zero-order valence-corrected chi connectivity index (χ0v) is 19.6. The summed E-state index contributed by atoms with van der Waals surface area (Å²) in [6.45, 7) is 4.22. The molecule has 1 atom stereocenters. The lowest BCUT2D eigenvalue weighted by atomic mass is 9.91. The van der Waals surface area contributed by atoms with E-state index in [1.807, 2.05) is 6.07 Å². The van der Waals surface area contributed by atoms with Gasteiger partial charge in [0.15, 0.2) is 5.78 Å². The van der Waals surface area contributed by atoms with E-state index in [1.165, 1.54) is 41.8 Å². The van der Waals surface area contributed by atoms with Crippen molar-refractivity contribution in [2.45, 2.75) is 32.5 Å². The molecule has 10 heteroatoms. The zero-order chi connectivity index (χ0) is 26.4. The van der Waals surface area contributed by atoms with Crippen LogP contribution in [0.1, 0.15) is 45.4 Å². The van der Waals surface area contributed by atoms with E-state index < -0.39 is 41.5 Å². The second-order valence-electron chi connectivity index (χ2n) is 8.73. The number of amides is 3. The van der Waals surface area contributed by atoms with Gasteiger partial charge in [0.25, 0.3) is 5.91 Å². The lowest BCUT2D eigenvalue weighted by Gasteiger charge is -2.22. The number of imide groups is 1. The molecule has 0 aliphatic carbocycles. The van der Waals surface area contributed by atoms with Crippen LogP contribution in [0, 0.1) is 25.2 Å². The normalized spacial score (nSPS) is 17.8. The van der Waals surface area contributed by atoms with Crippen molar-refractivity contribution in [1.82, 2.24) is 14.8 Å². The Hall–Kier alpha value is -4.39. The summed E-state index contributed by atoms with van der Waals surface area (Å²) in [5.41, 5.74) is -0.0461. The van der Waals surface area contributed by atoms with E-state index in [-0.39, 0.29) is 11.3 Å². The molecule has 1 aromatic heterocycles. The SMILES string of the molecule is Cc1cc(C(=O)CN2C(=O)NC(C)(c3ccc(C#N)cc3)C2=O)c(C)n1-c1cccc(C(F)(F)F)c1. The summed E-state index contributed by atoms with van der Waals surface area (Å²) in [6.07, 6.45) is -4.52. The maximum Gasteiger partial charge on any atom is 0.416 e. The van der Waals surface area contributed by atoms with Crippen molar-refractivity contribution in [3.05, 3.63) is 88.2 Å². The molecular weight excluding hydrogens is 473 g/mol. The number of ketones is 1. The third-order valence-corrected chi connectivity index (χ3v) is 6.33. The van der Waals surface area contributed by atoms with Crippen LogP contribution in [-0.4, -0.2) is 33.7 Å². The van der Waals surface area contributed by atoms with Crippen LogP contribution in [0.3, 0.4) is 0 Å². The van der Waals surface area contributed by atoms with Crippen LogP contribution in [0.2, 0.25) is 0 Å². The number of aryl methyl sites for hydroxylation is 1. The molecule has 4 rings (SSSR count). The lowest BCUT2D eigenvalue weighted by molar-refractivity contribution is -0.137. The summed E-state index contributed by atoms with van der Waals surface area (Å²) < 4.78 is 41.1. The van der Waals surface area contributed by atoms with E-state index in [1.54, 1.807) is 26.0 Å². The first kappa shape index (κ1) is 24.7. The van der Waals surface area contributed by atoms with Crippen LogP contribution in [0.25, 0.3) is 5.69 Å². The Morgan fingerprint density at radius 2 is 1.75 bits per heavy atom. The number of hydrogen-bond donors (Lipinski definition) is 1. The number of benzene rings is 2. The third kappa shape index (κ3) is 4.13. The van der Waals surface area contributed by atoms with Gasteiger partial charge in [-0.1, -0.05) is 18.2 Å². The molecule has 1 saturated heterocycles. The van der Waals surface area contributed by atoms with Gasteiger partial charge in [-0.3, -0.25) is 14.5 Å². The van der Waals surface area contributed by atoms with Crippen molar-refractivity contribution >= 4 is 17.7 Å². The van der Waals surface area contributed by atoms with Crippen LogP contribution < -0.4 is 5.32 Å². The Morgan fingerprint density at radius 3 is 2.36 bits per heavy atom. The van der Waals surface area contributed by atoms with Gasteiger partial charge in [0, 0.05) is 22.6 Å². The van der Waals surface area contributed by atoms with Crippen molar-refractivity contribution < 1.29 is 27.6 Å². The number of alkyl halides is 3. The van der Waals surface area contributed by atoms with Crippen molar-refractivity contribution in [2.24, 2.45) is 0 Å². The van der Waals surface area contributed by atoms with E-state index in [2.05, 4.69) is 5.32 Å². The Morgan fingerprint density at radius 1 is 1.08 bits per heavy atom. The molecule has 0 radical (unpaired) electrons. The topological polar surface area (TPSA) is 95.2 Å². The Kier molecular flexibility index (Phi) is 5.96.